The van der Waals surface area contributed by atoms with Crippen LogP contribution in [0.3, 0.4) is 0 Å². The maximum absolute atomic E-state index is 12.4. The van der Waals surface area contributed by atoms with Crippen molar-refractivity contribution in [3.8, 4) is 5.75 Å². The van der Waals surface area contributed by atoms with Crippen LogP contribution in [0.2, 0.25) is 0 Å². The van der Waals surface area contributed by atoms with Crippen LogP contribution in [0.25, 0.3) is 0 Å². The van der Waals surface area contributed by atoms with Crippen molar-refractivity contribution in [2.45, 2.75) is 44.6 Å². The highest BCUT2D eigenvalue weighted by molar-refractivity contribution is 9.10. The predicted octanol–water partition coefficient (Wildman–Crippen LogP) is 3.05. The number of amides is 1. The van der Waals surface area contributed by atoms with E-state index in [0.29, 0.717) is 23.8 Å². The maximum Gasteiger partial charge on any atom is 0.220 e. The van der Waals surface area contributed by atoms with Crippen molar-refractivity contribution in [3.05, 3.63) is 28.2 Å². The number of ketones is 1. The fourth-order valence-electron chi connectivity index (χ4n) is 3.22. The molecule has 1 aromatic rings. The van der Waals surface area contributed by atoms with Crippen molar-refractivity contribution >= 4 is 27.6 Å². The Morgan fingerprint density at radius 2 is 2.04 bits per heavy atom. The zero-order valence-corrected chi connectivity index (χ0v) is 15.6. The molecule has 1 aromatic carbocycles. The number of halogens is 1. The predicted molar refractivity (Wildman–Crippen MR) is 97.2 cm³/mol. The molecule has 2 rings (SSSR count). The highest BCUT2D eigenvalue weighted by Gasteiger charge is 2.25. The summed E-state index contributed by atoms with van der Waals surface area (Å²) in [5, 5.41) is 3.06. The molecule has 3 N–H and O–H groups in total. The number of rotatable bonds is 7. The van der Waals surface area contributed by atoms with Gasteiger partial charge >= 0.3 is 0 Å². The van der Waals surface area contributed by atoms with Gasteiger partial charge in [-0.05, 0) is 43.5 Å². The minimum atomic E-state index is -0.0951. The molecule has 6 heteroatoms. The smallest absolute Gasteiger partial charge is 0.220 e. The Kier molecular flexibility index (Phi) is 7.24. The lowest BCUT2D eigenvalue weighted by molar-refractivity contribution is -0.122. The zero-order chi connectivity index (χ0) is 17.5. The molecule has 0 spiro atoms. The molecule has 2 unspecified atom stereocenters. The van der Waals surface area contributed by atoms with E-state index in [-0.39, 0.29) is 30.6 Å². The molecular formula is C18H25BrN2O3. The summed E-state index contributed by atoms with van der Waals surface area (Å²) >= 11 is 3.36. The molecule has 1 aliphatic rings. The van der Waals surface area contributed by atoms with Crippen LogP contribution >= 0.6 is 15.9 Å². The molecule has 0 heterocycles. The number of benzene rings is 1. The number of nitrogens with one attached hydrogen (secondary N) is 1. The van der Waals surface area contributed by atoms with Crippen molar-refractivity contribution in [1.82, 2.24) is 5.32 Å². The molecule has 1 fully saturated rings. The van der Waals surface area contributed by atoms with E-state index in [9.17, 15) is 9.59 Å². The first-order valence-electron chi connectivity index (χ1n) is 8.41. The van der Waals surface area contributed by atoms with E-state index in [2.05, 4.69) is 21.2 Å². The Morgan fingerprint density at radius 3 is 2.75 bits per heavy atom. The minimum absolute atomic E-state index is 0.0809. The van der Waals surface area contributed by atoms with Gasteiger partial charge in [0, 0.05) is 23.4 Å². The highest BCUT2D eigenvalue weighted by Crippen LogP contribution is 2.25. The van der Waals surface area contributed by atoms with E-state index in [0.717, 1.165) is 23.7 Å². The van der Waals surface area contributed by atoms with Gasteiger partial charge in [0.1, 0.15) is 5.75 Å². The average Bonchev–Trinajstić information content (AvgIpc) is 2.60. The minimum Gasteiger partial charge on any atom is -0.496 e. The second-order valence-corrected chi connectivity index (χ2v) is 7.14. The first kappa shape index (κ1) is 18.9. The van der Waals surface area contributed by atoms with Crippen LogP contribution in [0, 0.1) is 5.92 Å². The fourth-order valence-corrected chi connectivity index (χ4v) is 3.58. The van der Waals surface area contributed by atoms with E-state index in [1.54, 1.807) is 12.1 Å². The standard InChI is InChI=1S/C18H25BrN2O3/c1-24-17-8-6-13(19)10-14(17)16(22)7-9-18(23)21-15-5-3-2-4-12(15)11-20/h6,8,10,12,15H,2-5,7,9,11,20H2,1H3,(H,21,23). The average molecular weight is 397 g/mol. The summed E-state index contributed by atoms with van der Waals surface area (Å²) < 4.78 is 6.03. The second kappa shape index (κ2) is 9.18. The second-order valence-electron chi connectivity index (χ2n) is 6.22. The molecule has 0 aliphatic heterocycles. The van der Waals surface area contributed by atoms with Gasteiger partial charge in [0.15, 0.2) is 5.78 Å². The largest absolute Gasteiger partial charge is 0.496 e. The van der Waals surface area contributed by atoms with Gasteiger partial charge in [-0.3, -0.25) is 9.59 Å². The number of nitrogens with two attached hydrogens (primary N) is 1. The molecule has 5 nitrogen and oxygen atoms in total. The quantitative estimate of drug-likeness (QED) is 0.693. The molecule has 0 aromatic heterocycles. The van der Waals surface area contributed by atoms with Gasteiger partial charge in [0.2, 0.25) is 5.91 Å². The topological polar surface area (TPSA) is 81.4 Å². The molecule has 1 aliphatic carbocycles. The number of hydrogen-bond donors (Lipinski definition) is 2. The van der Waals surface area contributed by atoms with Crippen LogP contribution in [0.5, 0.6) is 5.75 Å². The van der Waals surface area contributed by atoms with E-state index < -0.39 is 0 Å². The highest BCUT2D eigenvalue weighted by atomic mass is 79.9. The summed E-state index contributed by atoms with van der Waals surface area (Å²) in [5.74, 6) is 0.702. The molecule has 132 valence electrons. The van der Waals surface area contributed by atoms with Crippen LogP contribution in [-0.2, 0) is 4.79 Å². The van der Waals surface area contributed by atoms with Gasteiger partial charge in [0.05, 0.1) is 12.7 Å². The van der Waals surface area contributed by atoms with E-state index in [1.807, 2.05) is 6.07 Å². The summed E-state index contributed by atoms with van der Waals surface area (Å²) in [6.07, 6.45) is 4.68. The molecule has 0 bridgehead atoms. The number of methoxy groups -OCH3 is 1. The Bertz CT molecular complexity index is 592. The molecule has 2 atom stereocenters. The Hall–Kier alpha value is -1.40. The third-order valence-electron chi connectivity index (χ3n) is 4.60. The van der Waals surface area contributed by atoms with E-state index >= 15 is 0 Å². The van der Waals surface area contributed by atoms with E-state index in [1.165, 1.54) is 13.5 Å². The lowest BCUT2D eigenvalue weighted by Crippen LogP contribution is -2.44. The van der Waals surface area contributed by atoms with Crippen molar-refractivity contribution in [3.63, 3.8) is 0 Å². The number of Topliss-reactive ketones (excluding diaryl/α,β-unsaturated/α-hetero) is 1. The number of ether oxygens (including phenoxy) is 1. The van der Waals surface area contributed by atoms with E-state index in [4.69, 9.17) is 10.5 Å². The summed E-state index contributed by atoms with van der Waals surface area (Å²) in [6.45, 7) is 0.596. The normalized spacial score (nSPS) is 20.5. The van der Waals surface area contributed by atoms with Gasteiger partial charge < -0.3 is 15.8 Å². The lowest BCUT2D eigenvalue weighted by atomic mass is 9.84. The van der Waals surface area contributed by atoms with Crippen LogP contribution in [0.15, 0.2) is 22.7 Å². The SMILES string of the molecule is COc1ccc(Br)cc1C(=O)CCC(=O)NC1CCCCC1CN. The van der Waals surface area contributed by atoms with Gasteiger partial charge in [0.25, 0.3) is 0 Å². The summed E-state index contributed by atoms with van der Waals surface area (Å²) in [5.41, 5.74) is 6.29. The van der Waals surface area contributed by atoms with Gasteiger partial charge in [-0.2, -0.15) is 0 Å². The Balaban J connectivity index is 1.89. The number of carbonyl (C=O) groups excluding carboxylic acids is 2. The third-order valence-corrected chi connectivity index (χ3v) is 5.09. The fraction of sp³-hybridized carbons (Fsp3) is 0.556. The Labute approximate surface area is 151 Å². The number of hydrogen-bond acceptors (Lipinski definition) is 4. The van der Waals surface area contributed by atoms with Crippen molar-refractivity contribution in [2.75, 3.05) is 13.7 Å². The van der Waals surface area contributed by atoms with Crippen LogP contribution in [0.1, 0.15) is 48.9 Å². The molecule has 24 heavy (non-hydrogen) atoms. The van der Waals surface area contributed by atoms with Crippen molar-refractivity contribution in [2.24, 2.45) is 11.7 Å². The summed E-state index contributed by atoms with van der Waals surface area (Å²) in [7, 11) is 1.53. The first-order valence-corrected chi connectivity index (χ1v) is 9.20. The molecule has 1 amide bonds. The van der Waals surface area contributed by atoms with Crippen molar-refractivity contribution < 1.29 is 14.3 Å². The monoisotopic (exact) mass is 396 g/mol. The molecule has 0 saturated heterocycles. The zero-order valence-electron chi connectivity index (χ0n) is 14.0. The molecule has 1 saturated carbocycles. The summed E-state index contributed by atoms with van der Waals surface area (Å²) in [6, 6.07) is 5.43. The van der Waals surface area contributed by atoms with Crippen LogP contribution < -0.4 is 15.8 Å². The summed E-state index contributed by atoms with van der Waals surface area (Å²) in [4.78, 5) is 24.6. The molecular weight excluding hydrogens is 372 g/mol. The van der Waals surface area contributed by atoms with Gasteiger partial charge in [-0.1, -0.05) is 28.8 Å². The Morgan fingerprint density at radius 1 is 1.29 bits per heavy atom. The van der Waals surface area contributed by atoms with Crippen molar-refractivity contribution in [1.29, 1.82) is 0 Å². The molecule has 0 radical (unpaired) electrons. The maximum atomic E-state index is 12.4. The lowest BCUT2D eigenvalue weighted by Gasteiger charge is -2.31. The number of carbonyl (C=O) groups is 2. The van der Waals surface area contributed by atoms with Gasteiger partial charge in [-0.25, -0.2) is 0 Å². The first-order chi connectivity index (χ1) is 11.5. The third kappa shape index (κ3) is 5.05. The van der Waals surface area contributed by atoms with Crippen LogP contribution in [-0.4, -0.2) is 31.4 Å². The van der Waals surface area contributed by atoms with Gasteiger partial charge in [-0.15, -0.1) is 0 Å². The van der Waals surface area contributed by atoms with Crippen LogP contribution in [0.4, 0.5) is 0 Å².